The second kappa shape index (κ2) is 13.7. The number of amides is 4. The molecule has 59 heavy (non-hydrogen) atoms. The van der Waals surface area contributed by atoms with E-state index in [4.69, 9.17) is 0 Å². The maximum atomic E-state index is 15.2. The van der Waals surface area contributed by atoms with Crippen LogP contribution in [0.15, 0.2) is 72.8 Å². The predicted octanol–water partition coefficient (Wildman–Crippen LogP) is 11.3. The molecule has 0 spiro atoms. The fraction of sp³-hybridized carbons (Fsp3) is 0.317. The maximum Gasteiger partial charge on any atom is 0.417 e. The molecule has 0 fully saturated rings. The van der Waals surface area contributed by atoms with E-state index in [0.29, 0.717) is 41.3 Å². The lowest BCUT2D eigenvalue weighted by molar-refractivity contribution is -0.288. The van der Waals surface area contributed by atoms with Crippen LogP contribution in [0.1, 0.15) is 110 Å². The van der Waals surface area contributed by atoms with Crippen LogP contribution in [-0.4, -0.2) is 46.9 Å². The van der Waals surface area contributed by atoms with E-state index < -0.39 is 127 Å². The highest BCUT2D eigenvalue weighted by atomic mass is 19.4. The molecule has 0 saturated heterocycles. The van der Waals surface area contributed by atoms with Crippen molar-refractivity contribution in [2.75, 3.05) is 4.90 Å². The molecule has 0 radical (unpaired) electrons. The minimum absolute atomic E-state index is 0.0485. The molecule has 6 rings (SSSR count). The summed E-state index contributed by atoms with van der Waals surface area (Å²) in [4.78, 5) is 54.1. The fourth-order valence-corrected chi connectivity index (χ4v) is 7.39. The van der Waals surface area contributed by atoms with E-state index in [2.05, 4.69) is 0 Å². The van der Waals surface area contributed by atoms with Crippen molar-refractivity contribution in [3.8, 4) is 11.1 Å². The molecule has 4 aromatic carbocycles. The van der Waals surface area contributed by atoms with E-state index in [0.717, 1.165) is 6.07 Å². The third kappa shape index (κ3) is 6.73. The predicted molar refractivity (Wildman–Crippen MR) is 188 cm³/mol. The van der Waals surface area contributed by atoms with Crippen LogP contribution in [0.25, 0.3) is 11.1 Å². The average Bonchev–Trinajstić information content (AvgIpc) is 3.51. The van der Waals surface area contributed by atoms with Crippen molar-refractivity contribution in [3.63, 3.8) is 0 Å². The summed E-state index contributed by atoms with van der Waals surface area (Å²) in [5.41, 5.74) is -18.0. The number of rotatable bonds is 6. The van der Waals surface area contributed by atoms with Gasteiger partial charge in [0, 0.05) is 6.04 Å². The second-order valence-electron chi connectivity index (χ2n) is 15.2. The third-order valence-electron chi connectivity index (χ3n) is 10.6. The van der Waals surface area contributed by atoms with Crippen molar-refractivity contribution in [2.45, 2.75) is 82.6 Å². The Morgan fingerprint density at radius 2 is 0.881 bits per heavy atom. The van der Waals surface area contributed by atoms with Gasteiger partial charge in [0.2, 0.25) is 5.41 Å². The fourth-order valence-electron chi connectivity index (χ4n) is 7.39. The number of hydrogen-bond donors (Lipinski definition) is 0. The highest BCUT2D eigenvalue weighted by Gasteiger charge is 2.73. The average molecular weight is 843 g/mol. The number of nitrogens with zero attached hydrogens (tertiary/aromatic N) is 2. The van der Waals surface area contributed by atoms with Gasteiger partial charge in [-0.15, -0.1) is 0 Å². The quantitative estimate of drug-likeness (QED) is 0.143. The van der Waals surface area contributed by atoms with E-state index in [1.54, 1.807) is 27.7 Å². The van der Waals surface area contributed by atoms with Gasteiger partial charge in [-0.2, -0.15) is 52.7 Å². The van der Waals surface area contributed by atoms with E-state index in [1.807, 2.05) is 0 Å². The van der Waals surface area contributed by atoms with Gasteiger partial charge in [0.1, 0.15) is 0 Å². The van der Waals surface area contributed by atoms with Gasteiger partial charge in [-0.05, 0) is 89.0 Å². The molecule has 18 heteroatoms. The molecule has 1 unspecified atom stereocenters. The third-order valence-corrected chi connectivity index (χ3v) is 10.6. The van der Waals surface area contributed by atoms with Crippen LogP contribution in [0.3, 0.4) is 0 Å². The molecule has 4 aromatic rings. The lowest BCUT2D eigenvalue weighted by Crippen LogP contribution is -2.55. The Labute approximate surface area is 327 Å². The lowest BCUT2D eigenvalue weighted by atomic mass is 9.71. The smallest absolute Gasteiger partial charge is 0.272 e. The summed E-state index contributed by atoms with van der Waals surface area (Å²) < 4.78 is 178. The first-order valence-electron chi connectivity index (χ1n) is 17.6. The minimum Gasteiger partial charge on any atom is -0.272 e. The second-order valence-corrected chi connectivity index (χ2v) is 15.2. The number of anilines is 1. The van der Waals surface area contributed by atoms with Gasteiger partial charge in [-0.3, -0.25) is 24.1 Å². The summed E-state index contributed by atoms with van der Waals surface area (Å²) in [5.74, 6) is -5.20. The topological polar surface area (TPSA) is 74.8 Å². The molecule has 2 aliphatic heterocycles. The summed E-state index contributed by atoms with van der Waals surface area (Å²) >= 11 is 0. The first-order chi connectivity index (χ1) is 27.0. The normalized spacial score (nSPS) is 15.9. The molecule has 6 nitrogen and oxygen atoms in total. The van der Waals surface area contributed by atoms with Crippen molar-refractivity contribution in [1.29, 1.82) is 0 Å². The Balaban J connectivity index is 1.49. The number of halogens is 12. The van der Waals surface area contributed by atoms with Gasteiger partial charge < -0.3 is 0 Å². The standard InChI is InChI=1S/C41H30F12N2O4/c1-6-19(2)54-32(56)26-12-8-21(15-28(26)34(54)58)37(40(48,49)50,41(51,52)53)22-9-13-27-29(16-22)35(59)55(33(27)57)23-10-14-25(31(18-23)39(45,46)47)24-11-7-20(36(3,4)5)17-30(24)38(42,43)44/h7-19H,6H2,1-5H3. The highest BCUT2D eigenvalue weighted by Crippen LogP contribution is 2.57. The highest BCUT2D eigenvalue weighted by molar-refractivity contribution is 6.34. The van der Waals surface area contributed by atoms with Crippen molar-refractivity contribution in [1.82, 2.24) is 4.90 Å². The van der Waals surface area contributed by atoms with Gasteiger partial charge in [-0.1, -0.05) is 58.0 Å². The Morgan fingerprint density at radius 1 is 0.492 bits per heavy atom. The van der Waals surface area contributed by atoms with Gasteiger partial charge in [0.05, 0.1) is 39.1 Å². The van der Waals surface area contributed by atoms with Crippen LogP contribution in [0, 0.1) is 0 Å². The first-order valence-corrected chi connectivity index (χ1v) is 17.6. The van der Waals surface area contributed by atoms with E-state index in [1.165, 1.54) is 13.0 Å². The summed E-state index contributed by atoms with van der Waals surface area (Å²) in [7, 11) is 0. The van der Waals surface area contributed by atoms with Crippen molar-refractivity contribution < 1.29 is 71.9 Å². The van der Waals surface area contributed by atoms with Crippen LogP contribution in [0.4, 0.5) is 58.4 Å². The van der Waals surface area contributed by atoms with Crippen molar-refractivity contribution >= 4 is 29.3 Å². The Morgan fingerprint density at radius 3 is 1.34 bits per heavy atom. The van der Waals surface area contributed by atoms with Crippen LogP contribution >= 0.6 is 0 Å². The minimum atomic E-state index is -6.28. The van der Waals surface area contributed by atoms with Crippen molar-refractivity contribution in [2.24, 2.45) is 0 Å². The molecule has 0 saturated carbocycles. The van der Waals surface area contributed by atoms with Gasteiger partial charge in [0.15, 0.2) is 0 Å². The number of carbonyl (C=O) groups excluding carboxylic acids is 4. The molecule has 2 aliphatic rings. The molecule has 4 amide bonds. The van der Waals surface area contributed by atoms with Crippen LogP contribution in [0.2, 0.25) is 0 Å². The summed E-state index contributed by atoms with van der Waals surface area (Å²) in [6, 6.07) is 5.49. The Hall–Kier alpha value is -5.68. The molecule has 0 aromatic heterocycles. The number of imide groups is 2. The molecule has 312 valence electrons. The number of hydrogen-bond acceptors (Lipinski definition) is 4. The van der Waals surface area contributed by atoms with Crippen LogP contribution in [-0.2, 0) is 23.2 Å². The Kier molecular flexibility index (Phi) is 9.96. The molecule has 1 atom stereocenters. The van der Waals surface area contributed by atoms with E-state index in [-0.39, 0.29) is 41.1 Å². The number of carbonyl (C=O) groups is 4. The van der Waals surface area contributed by atoms with Crippen LogP contribution in [0.5, 0.6) is 0 Å². The molecular weight excluding hydrogens is 812 g/mol. The van der Waals surface area contributed by atoms with E-state index in [9.17, 15) is 45.5 Å². The maximum absolute atomic E-state index is 15.2. The summed E-state index contributed by atoms with van der Waals surface area (Å²) in [6.07, 6.45) is -22.9. The first kappa shape index (κ1) is 42.9. The van der Waals surface area contributed by atoms with Gasteiger partial charge >= 0.3 is 24.7 Å². The largest absolute Gasteiger partial charge is 0.417 e. The molecule has 0 bridgehead atoms. The zero-order valence-electron chi connectivity index (χ0n) is 31.3. The number of benzene rings is 4. The van der Waals surface area contributed by atoms with Gasteiger partial charge in [0.25, 0.3) is 23.6 Å². The van der Waals surface area contributed by atoms with E-state index >= 15 is 26.3 Å². The van der Waals surface area contributed by atoms with Crippen LogP contribution < -0.4 is 4.90 Å². The lowest BCUT2D eigenvalue weighted by Gasteiger charge is -2.38. The molecule has 0 N–H and O–H groups in total. The SMILES string of the molecule is CCC(C)N1C(=O)c2ccc(C(c3ccc4c(c3)C(=O)N(c3ccc(-c5ccc(C(C)(C)C)cc5C(F)(F)F)c(C(F)(F)F)c3)C4=O)(C(F)(F)F)C(F)(F)F)cc2C1=O. The zero-order chi connectivity index (χ0) is 44.2. The summed E-state index contributed by atoms with van der Waals surface area (Å²) in [5, 5.41) is 0. The Bertz CT molecular complexity index is 2420. The molecule has 2 heterocycles. The molecular formula is C41H30F12N2O4. The number of fused-ring (bicyclic) bond motifs is 2. The number of alkyl halides is 12. The summed E-state index contributed by atoms with van der Waals surface area (Å²) in [6.45, 7) is 7.76. The zero-order valence-corrected chi connectivity index (χ0v) is 31.3. The molecule has 0 aliphatic carbocycles. The monoisotopic (exact) mass is 842 g/mol. The van der Waals surface area contributed by atoms with Gasteiger partial charge in [-0.25, -0.2) is 4.90 Å². The van der Waals surface area contributed by atoms with Crippen molar-refractivity contribution in [3.05, 3.63) is 123 Å².